The van der Waals surface area contributed by atoms with E-state index < -0.39 is 17.6 Å². The Morgan fingerprint density at radius 1 is 1.10 bits per heavy atom. The van der Waals surface area contributed by atoms with Crippen LogP contribution in [0.5, 0.6) is 0 Å². The molecule has 2 aromatic rings. The Balaban J connectivity index is 2.03. The Kier molecular flexibility index (Phi) is 4.90. The van der Waals surface area contributed by atoms with Gasteiger partial charge in [0, 0.05) is 12.6 Å². The third kappa shape index (κ3) is 4.26. The number of hydrogen-bond donors (Lipinski definition) is 2. The number of aliphatic carboxylic acids is 1. The number of carboxylic acids is 1. The smallest absolute Gasteiger partial charge is 0.307 e. The van der Waals surface area contributed by atoms with Crippen LogP contribution in [0.3, 0.4) is 0 Å². The van der Waals surface area contributed by atoms with Gasteiger partial charge in [0.1, 0.15) is 11.6 Å². The molecule has 0 aromatic heterocycles. The molecule has 0 unspecified atom stereocenters. The largest absolute Gasteiger partial charge is 0.481 e. The highest BCUT2D eigenvalue weighted by atomic mass is 79.9. The van der Waals surface area contributed by atoms with Gasteiger partial charge in [-0.3, -0.25) is 4.79 Å². The van der Waals surface area contributed by atoms with Crippen LogP contribution in [0.25, 0.3) is 0 Å². The zero-order valence-electron chi connectivity index (χ0n) is 10.9. The Bertz CT molecular complexity index is 659. The second-order valence-electron chi connectivity index (χ2n) is 4.49. The summed E-state index contributed by atoms with van der Waals surface area (Å²) < 4.78 is 27.0. The lowest BCUT2D eigenvalue weighted by atomic mass is 10.1. The molecule has 0 aliphatic carbocycles. The average molecular weight is 356 g/mol. The Labute approximate surface area is 128 Å². The van der Waals surface area contributed by atoms with Crippen molar-refractivity contribution in [3.63, 3.8) is 0 Å². The van der Waals surface area contributed by atoms with Crippen molar-refractivity contribution in [2.75, 3.05) is 5.32 Å². The predicted octanol–water partition coefficient (Wildman–Crippen LogP) is 3.97. The van der Waals surface area contributed by atoms with Crippen LogP contribution >= 0.6 is 15.9 Å². The average Bonchev–Trinajstić information content (AvgIpc) is 2.42. The fraction of sp³-hybridized carbons (Fsp3) is 0.133. The first-order chi connectivity index (χ1) is 9.95. The molecular weight excluding hydrogens is 344 g/mol. The second-order valence-corrected chi connectivity index (χ2v) is 5.34. The second kappa shape index (κ2) is 6.67. The first kappa shape index (κ1) is 15.4. The van der Waals surface area contributed by atoms with Crippen LogP contribution in [0.1, 0.15) is 11.1 Å². The molecule has 2 aromatic carbocycles. The van der Waals surface area contributed by atoms with Crippen LogP contribution < -0.4 is 5.32 Å². The number of nitrogens with one attached hydrogen (secondary N) is 1. The maximum absolute atomic E-state index is 13.6. The van der Waals surface area contributed by atoms with E-state index in [1.54, 1.807) is 24.3 Å². The predicted molar refractivity (Wildman–Crippen MR) is 79.2 cm³/mol. The van der Waals surface area contributed by atoms with Crippen LogP contribution in [-0.4, -0.2) is 11.1 Å². The van der Waals surface area contributed by atoms with Crippen molar-refractivity contribution >= 4 is 27.6 Å². The maximum Gasteiger partial charge on any atom is 0.307 e. The lowest BCUT2D eigenvalue weighted by molar-refractivity contribution is -0.136. The number of carboxylic acid groups (broad SMARTS) is 1. The number of rotatable bonds is 5. The quantitative estimate of drug-likeness (QED) is 0.798. The topological polar surface area (TPSA) is 49.3 Å². The fourth-order valence-corrected chi connectivity index (χ4v) is 2.12. The number of benzene rings is 2. The van der Waals surface area contributed by atoms with Crippen molar-refractivity contribution in [2.45, 2.75) is 13.0 Å². The first-order valence-corrected chi connectivity index (χ1v) is 6.93. The van der Waals surface area contributed by atoms with E-state index in [4.69, 9.17) is 5.11 Å². The van der Waals surface area contributed by atoms with E-state index in [-0.39, 0.29) is 16.6 Å². The molecule has 3 nitrogen and oxygen atoms in total. The summed E-state index contributed by atoms with van der Waals surface area (Å²) in [5, 5.41) is 11.5. The van der Waals surface area contributed by atoms with Gasteiger partial charge in [0.2, 0.25) is 0 Å². The van der Waals surface area contributed by atoms with Gasteiger partial charge in [-0.1, -0.05) is 24.3 Å². The van der Waals surface area contributed by atoms with Crippen molar-refractivity contribution in [1.82, 2.24) is 0 Å². The SMILES string of the molecule is O=C(O)Cc1ccc(CNc2cc(F)c(Br)cc2F)cc1. The zero-order valence-corrected chi connectivity index (χ0v) is 12.5. The summed E-state index contributed by atoms with van der Waals surface area (Å²) in [4.78, 5) is 10.6. The van der Waals surface area contributed by atoms with Gasteiger partial charge >= 0.3 is 5.97 Å². The molecule has 0 amide bonds. The highest BCUT2D eigenvalue weighted by molar-refractivity contribution is 9.10. The minimum atomic E-state index is -0.895. The molecule has 0 saturated heterocycles. The minimum Gasteiger partial charge on any atom is -0.481 e. The van der Waals surface area contributed by atoms with Gasteiger partial charge in [-0.05, 0) is 33.1 Å². The van der Waals surface area contributed by atoms with Crippen molar-refractivity contribution in [3.05, 3.63) is 63.6 Å². The van der Waals surface area contributed by atoms with E-state index in [2.05, 4.69) is 21.2 Å². The molecule has 0 aliphatic rings. The molecular formula is C15H12BrF2NO2. The number of carbonyl (C=O) groups is 1. The molecule has 6 heteroatoms. The molecule has 0 aliphatic heterocycles. The molecule has 2 rings (SSSR count). The molecule has 110 valence electrons. The molecule has 0 saturated carbocycles. The van der Waals surface area contributed by atoms with Gasteiger partial charge in [-0.25, -0.2) is 8.78 Å². The fourth-order valence-electron chi connectivity index (χ4n) is 1.80. The van der Waals surface area contributed by atoms with E-state index in [0.717, 1.165) is 17.7 Å². The Hall–Kier alpha value is -1.95. The van der Waals surface area contributed by atoms with E-state index in [1.165, 1.54) is 0 Å². The van der Waals surface area contributed by atoms with E-state index >= 15 is 0 Å². The normalized spacial score (nSPS) is 10.4. The molecule has 0 fully saturated rings. The lowest BCUT2D eigenvalue weighted by Crippen LogP contribution is -2.03. The van der Waals surface area contributed by atoms with Crippen molar-refractivity contribution in [1.29, 1.82) is 0 Å². The summed E-state index contributed by atoms with van der Waals surface area (Å²) in [5.41, 5.74) is 1.60. The van der Waals surface area contributed by atoms with E-state index in [1.807, 2.05) is 0 Å². The number of hydrogen-bond acceptors (Lipinski definition) is 2. The van der Waals surface area contributed by atoms with Gasteiger partial charge in [-0.15, -0.1) is 0 Å². The lowest BCUT2D eigenvalue weighted by Gasteiger charge is -2.09. The summed E-state index contributed by atoms with van der Waals surface area (Å²) in [6.45, 7) is 0.311. The van der Waals surface area contributed by atoms with Gasteiger partial charge in [-0.2, -0.15) is 0 Å². The first-order valence-electron chi connectivity index (χ1n) is 6.13. The molecule has 0 spiro atoms. The zero-order chi connectivity index (χ0) is 15.4. The third-order valence-electron chi connectivity index (χ3n) is 2.87. The molecule has 0 radical (unpaired) electrons. The maximum atomic E-state index is 13.6. The minimum absolute atomic E-state index is 0.0414. The van der Waals surface area contributed by atoms with Gasteiger partial charge < -0.3 is 10.4 Å². The highest BCUT2D eigenvalue weighted by Gasteiger charge is 2.08. The number of anilines is 1. The Morgan fingerprint density at radius 2 is 1.71 bits per heavy atom. The standard InChI is InChI=1S/C15H12BrF2NO2/c16-11-6-13(18)14(7-12(11)17)19-8-10-3-1-9(2-4-10)5-15(20)21/h1-4,6-7,19H,5,8H2,(H,20,21). The van der Waals surface area contributed by atoms with Crippen LogP contribution in [-0.2, 0) is 17.8 Å². The van der Waals surface area contributed by atoms with Crippen molar-refractivity contribution in [2.24, 2.45) is 0 Å². The van der Waals surface area contributed by atoms with Crippen LogP contribution in [0.4, 0.5) is 14.5 Å². The van der Waals surface area contributed by atoms with Gasteiger partial charge in [0.05, 0.1) is 16.6 Å². The molecule has 0 atom stereocenters. The molecule has 2 N–H and O–H groups in total. The van der Waals surface area contributed by atoms with Crippen molar-refractivity contribution in [3.8, 4) is 0 Å². The van der Waals surface area contributed by atoms with Crippen LogP contribution in [0, 0.1) is 11.6 Å². The molecule has 0 heterocycles. The highest BCUT2D eigenvalue weighted by Crippen LogP contribution is 2.23. The van der Waals surface area contributed by atoms with E-state index in [0.29, 0.717) is 12.1 Å². The van der Waals surface area contributed by atoms with Crippen LogP contribution in [0.15, 0.2) is 40.9 Å². The van der Waals surface area contributed by atoms with Gasteiger partial charge in [0.15, 0.2) is 0 Å². The van der Waals surface area contributed by atoms with E-state index in [9.17, 15) is 13.6 Å². The summed E-state index contributed by atoms with van der Waals surface area (Å²) in [6, 6.07) is 9.04. The Morgan fingerprint density at radius 3 is 2.33 bits per heavy atom. The monoisotopic (exact) mass is 355 g/mol. The summed E-state index contributed by atoms with van der Waals surface area (Å²) in [7, 11) is 0. The summed E-state index contributed by atoms with van der Waals surface area (Å²) >= 11 is 2.91. The van der Waals surface area contributed by atoms with Crippen LogP contribution in [0.2, 0.25) is 0 Å². The van der Waals surface area contributed by atoms with Crippen molar-refractivity contribution < 1.29 is 18.7 Å². The third-order valence-corrected chi connectivity index (χ3v) is 3.48. The van der Waals surface area contributed by atoms with Gasteiger partial charge in [0.25, 0.3) is 0 Å². The summed E-state index contributed by atoms with van der Waals surface area (Å²) in [6.07, 6.45) is -0.0414. The molecule has 0 bridgehead atoms. The molecule has 21 heavy (non-hydrogen) atoms. The number of halogens is 3. The summed E-state index contributed by atoms with van der Waals surface area (Å²) in [5.74, 6) is -1.99.